The van der Waals surface area contributed by atoms with Crippen molar-refractivity contribution in [2.24, 2.45) is 0 Å². The van der Waals surface area contributed by atoms with Gasteiger partial charge in [0.05, 0.1) is 5.39 Å². The van der Waals surface area contributed by atoms with Crippen LogP contribution >= 0.6 is 15.9 Å². The molecule has 0 fully saturated rings. The average Bonchev–Trinajstić information content (AvgIpc) is 2.92. The standard InChI is InChI=1S/C15H9BrO6/c16-11-6-5-10(21-11)14-15(20-7-12(17)18)13(19)8-3-1-2-4-9(8)22-14/h1-6H,7H2,(H,17,18). The largest absolute Gasteiger partial charge is 0.479 e. The fourth-order valence-corrected chi connectivity index (χ4v) is 2.30. The van der Waals surface area contributed by atoms with Gasteiger partial charge in [0, 0.05) is 0 Å². The monoisotopic (exact) mass is 364 g/mol. The number of furan rings is 1. The van der Waals surface area contributed by atoms with Crippen LogP contribution in [0.4, 0.5) is 0 Å². The first-order valence-corrected chi connectivity index (χ1v) is 7.01. The Morgan fingerprint density at radius 1 is 1.18 bits per heavy atom. The lowest BCUT2D eigenvalue weighted by Gasteiger charge is -2.08. The molecule has 0 amide bonds. The van der Waals surface area contributed by atoms with Crippen molar-refractivity contribution in [1.29, 1.82) is 0 Å². The van der Waals surface area contributed by atoms with Gasteiger partial charge in [0.15, 0.2) is 17.0 Å². The van der Waals surface area contributed by atoms with Gasteiger partial charge in [-0.05, 0) is 40.2 Å². The number of aliphatic carboxylic acids is 1. The van der Waals surface area contributed by atoms with E-state index in [9.17, 15) is 9.59 Å². The lowest BCUT2D eigenvalue weighted by molar-refractivity contribution is -0.139. The van der Waals surface area contributed by atoms with Crippen molar-refractivity contribution in [2.75, 3.05) is 6.61 Å². The van der Waals surface area contributed by atoms with Gasteiger partial charge >= 0.3 is 5.97 Å². The van der Waals surface area contributed by atoms with E-state index in [1.165, 1.54) is 0 Å². The van der Waals surface area contributed by atoms with E-state index in [1.807, 2.05) is 0 Å². The fraction of sp³-hybridized carbons (Fsp3) is 0.0667. The summed E-state index contributed by atoms with van der Waals surface area (Å²) in [6.07, 6.45) is 0. The molecule has 0 spiro atoms. The Labute approximate surface area is 132 Å². The molecule has 7 heteroatoms. The lowest BCUT2D eigenvalue weighted by Crippen LogP contribution is -2.16. The first kappa shape index (κ1) is 14.4. The minimum Gasteiger partial charge on any atom is -0.479 e. The molecular formula is C15H9BrO6. The van der Waals surface area contributed by atoms with Crippen molar-refractivity contribution < 1.29 is 23.5 Å². The molecule has 2 aromatic heterocycles. The third kappa shape index (κ3) is 2.62. The molecular weight excluding hydrogens is 356 g/mol. The fourth-order valence-electron chi connectivity index (χ4n) is 1.99. The van der Waals surface area contributed by atoms with E-state index in [1.54, 1.807) is 36.4 Å². The summed E-state index contributed by atoms with van der Waals surface area (Å²) in [6, 6.07) is 9.85. The highest BCUT2D eigenvalue weighted by molar-refractivity contribution is 9.10. The summed E-state index contributed by atoms with van der Waals surface area (Å²) >= 11 is 3.16. The summed E-state index contributed by atoms with van der Waals surface area (Å²) in [6.45, 7) is -0.655. The molecule has 3 rings (SSSR count). The van der Waals surface area contributed by atoms with Gasteiger partial charge in [-0.15, -0.1) is 0 Å². The van der Waals surface area contributed by atoms with Crippen LogP contribution in [0, 0.1) is 0 Å². The zero-order chi connectivity index (χ0) is 15.7. The topological polar surface area (TPSA) is 89.9 Å². The van der Waals surface area contributed by atoms with Crippen LogP contribution in [0.25, 0.3) is 22.5 Å². The van der Waals surface area contributed by atoms with E-state index in [-0.39, 0.29) is 17.3 Å². The number of rotatable bonds is 4. The number of carboxylic acid groups (broad SMARTS) is 1. The predicted octanol–water partition coefficient (Wildman–Crippen LogP) is 3.28. The molecule has 112 valence electrons. The van der Waals surface area contributed by atoms with Crippen LogP contribution in [-0.2, 0) is 4.79 Å². The maximum Gasteiger partial charge on any atom is 0.341 e. The van der Waals surface area contributed by atoms with Gasteiger partial charge in [-0.3, -0.25) is 4.79 Å². The van der Waals surface area contributed by atoms with Crippen molar-refractivity contribution in [3.8, 4) is 17.3 Å². The summed E-state index contributed by atoms with van der Waals surface area (Å²) in [5, 5.41) is 9.06. The van der Waals surface area contributed by atoms with Gasteiger partial charge in [-0.25, -0.2) is 4.79 Å². The molecule has 3 aromatic rings. The van der Waals surface area contributed by atoms with Gasteiger partial charge in [-0.2, -0.15) is 0 Å². The molecule has 0 aliphatic heterocycles. The van der Waals surface area contributed by atoms with E-state index in [0.29, 0.717) is 15.6 Å². The molecule has 0 saturated heterocycles. The smallest absolute Gasteiger partial charge is 0.341 e. The highest BCUT2D eigenvalue weighted by Crippen LogP contribution is 2.33. The van der Waals surface area contributed by atoms with Crippen LogP contribution in [0.3, 0.4) is 0 Å². The van der Waals surface area contributed by atoms with Crippen molar-refractivity contribution in [3.63, 3.8) is 0 Å². The SMILES string of the molecule is O=C(O)COc1c(-c2ccc(Br)o2)oc2ccccc2c1=O. The average molecular weight is 365 g/mol. The number of fused-ring (bicyclic) bond motifs is 1. The first-order chi connectivity index (χ1) is 10.6. The van der Waals surface area contributed by atoms with Crippen LogP contribution in [0.15, 0.2) is 54.7 Å². The Morgan fingerprint density at radius 2 is 1.95 bits per heavy atom. The van der Waals surface area contributed by atoms with E-state index in [4.69, 9.17) is 18.7 Å². The van der Waals surface area contributed by atoms with Gasteiger partial charge < -0.3 is 18.7 Å². The Kier molecular flexibility index (Phi) is 3.72. The predicted molar refractivity (Wildman–Crippen MR) is 81.0 cm³/mol. The quantitative estimate of drug-likeness (QED) is 0.763. The van der Waals surface area contributed by atoms with E-state index in [2.05, 4.69) is 15.9 Å². The molecule has 1 N–H and O–H groups in total. The highest BCUT2D eigenvalue weighted by Gasteiger charge is 2.20. The number of benzene rings is 1. The zero-order valence-corrected chi connectivity index (χ0v) is 12.6. The maximum atomic E-state index is 12.5. The van der Waals surface area contributed by atoms with Gasteiger partial charge in [0.1, 0.15) is 5.58 Å². The molecule has 1 aromatic carbocycles. The number of para-hydroxylation sites is 1. The third-order valence-corrected chi connectivity index (χ3v) is 3.32. The number of carboxylic acids is 1. The number of hydrogen-bond acceptors (Lipinski definition) is 5. The third-order valence-electron chi connectivity index (χ3n) is 2.89. The summed E-state index contributed by atoms with van der Waals surface area (Å²) in [5.74, 6) is -1.08. The molecule has 0 saturated carbocycles. The summed E-state index contributed by atoms with van der Waals surface area (Å²) in [7, 11) is 0. The second-order valence-corrected chi connectivity index (χ2v) is 5.15. The summed E-state index contributed by atoms with van der Waals surface area (Å²) in [4.78, 5) is 23.2. The molecule has 2 heterocycles. The normalized spacial score (nSPS) is 10.8. The first-order valence-electron chi connectivity index (χ1n) is 6.22. The van der Waals surface area contributed by atoms with Crippen LogP contribution in [0.5, 0.6) is 5.75 Å². The molecule has 0 atom stereocenters. The number of halogens is 1. The van der Waals surface area contributed by atoms with Gasteiger partial charge in [0.2, 0.25) is 16.9 Å². The highest BCUT2D eigenvalue weighted by atomic mass is 79.9. The Morgan fingerprint density at radius 3 is 2.64 bits per heavy atom. The van der Waals surface area contributed by atoms with Crippen LogP contribution in [-0.4, -0.2) is 17.7 Å². The van der Waals surface area contributed by atoms with Gasteiger partial charge in [-0.1, -0.05) is 12.1 Å². The number of carbonyl (C=O) groups is 1. The Balaban J connectivity index is 2.25. The zero-order valence-electron chi connectivity index (χ0n) is 11.0. The van der Waals surface area contributed by atoms with Crippen LogP contribution in [0.2, 0.25) is 0 Å². The molecule has 0 aliphatic carbocycles. The molecule has 0 radical (unpaired) electrons. The van der Waals surface area contributed by atoms with Crippen LogP contribution in [0.1, 0.15) is 0 Å². The molecule has 0 unspecified atom stereocenters. The Hall–Kier alpha value is -2.54. The van der Waals surface area contributed by atoms with Crippen molar-refractivity contribution in [2.45, 2.75) is 0 Å². The molecule has 0 bridgehead atoms. The summed E-state index contributed by atoms with van der Waals surface area (Å²) < 4.78 is 16.6. The lowest BCUT2D eigenvalue weighted by atomic mass is 10.2. The maximum absolute atomic E-state index is 12.5. The Bertz CT molecular complexity index is 908. The molecule has 22 heavy (non-hydrogen) atoms. The molecule has 6 nitrogen and oxygen atoms in total. The minimum absolute atomic E-state index is 0.0515. The summed E-state index contributed by atoms with van der Waals surface area (Å²) in [5.41, 5.74) is -0.0941. The second kappa shape index (κ2) is 5.69. The number of hydrogen-bond donors (Lipinski definition) is 1. The second-order valence-electron chi connectivity index (χ2n) is 4.37. The molecule has 0 aliphatic rings. The van der Waals surface area contributed by atoms with Crippen molar-refractivity contribution >= 4 is 32.9 Å². The number of ether oxygens (including phenoxy) is 1. The van der Waals surface area contributed by atoms with Crippen molar-refractivity contribution in [3.05, 3.63) is 51.3 Å². The van der Waals surface area contributed by atoms with E-state index in [0.717, 1.165) is 0 Å². The van der Waals surface area contributed by atoms with Gasteiger partial charge in [0.25, 0.3) is 0 Å². The minimum atomic E-state index is -1.20. The van der Waals surface area contributed by atoms with Crippen LogP contribution < -0.4 is 10.2 Å². The van der Waals surface area contributed by atoms with E-state index >= 15 is 0 Å². The van der Waals surface area contributed by atoms with E-state index < -0.39 is 18.0 Å². The van der Waals surface area contributed by atoms with Crippen molar-refractivity contribution in [1.82, 2.24) is 0 Å².